The standard InChI is InChI=1S/C11H23NO/c1-9(2)4-5-10(3)12-11-6-7-13-8-11/h9-12H,4-8H2,1-3H3. The van der Waals surface area contributed by atoms with Gasteiger partial charge in [-0.25, -0.2) is 0 Å². The molecule has 1 saturated heterocycles. The first kappa shape index (κ1) is 11.0. The van der Waals surface area contributed by atoms with Gasteiger partial charge in [-0.15, -0.1) is 0 Å². The Morgan fingerprint density at radius 3 is 2.62 bits per heavy atom. The highest BCUT2D eigenvalue weighted by molar-refractivity contribution is 4.74. The van der Waals surface area contributed by atoms with Gasteiger partial charge >= 0.3 is 0 Å². The fourth-order valence-electron chi connectivity index (χ4n) is 1.73. The van der Waals surface area contributed by atoms with Gasteiger partial charge < -0.3 is 10.1 Å². The van der Waals surface area contributed by atoms with Crippen LogP contribution in [0.5, 0.6) is 0 Å². The normalized spacial score (nSPS) is 25.4. The molecule has 0 amide bonds. The monoisotopic (exact) mass is 185 g/mol. The zero-order chi connectivity index (χ0) is 9.68. The van der Waals surface area contributed by atoms with Gasteiger partial charge in [0.15, 0.2) is 0 Å². The van der Waals surface area contributed by atoms with Crippen LogP contribution in [0.1, 0.15) is 40.0 Å². The van der Waals surface area contributed by atoms with Gasteiger partial charge in [0.25, 0.3) is 0 Å². The second-order valence-corrected chi connectivity index (χ2v) is 4.60. The quantitative estimate of drug-likeness (QED) is 0.709. The molecule has 2 heteroatoms. The highest BCUT2D eigenvalue weighted by Gasteiger charge is 2.17. The van der Waals surface area contributed by atoms with Gasteiger partial charge in [-0.1, -0.05) is 13.8 Å². The van der Waals surface area contributed by atoms with Crippen molar-refractivity contribution < 1.29 is 4.74 Å². The SMILES string of the molecule is CC(C)CCC(C)NC1CCOC1. The van der Waals surface area contributed by atoms with Crippen molar-refractivity contribution in [1.29, 1.82) is 0 Å². The van der Waals surface area contributed by atoms with Crippen molar-refractivity contribution in [3.05, 3.63) is 0 Å². The molecule has 2 atom stereocenters. The summed E-state index contributed by atoms with van der Waals surface area (Å²) in [5.74, 6) is 0.823. The number of rotatable bonds is 5. The number of nitrogens with one attached hydrogen (secondary N) is 1. The Labute approximate surface area is 82.0 Å². The number of hydrogen-bond donors (Lipinski definition) is 1. The van der Waals surface area contributed by atoms with Crippen LogP contribution in [-0.4, -0.2) is 25.3 Å². The van der Waals surface area contributed by atoms with Gasteiger partial charge in [0.1, 0.15) is 0 Å². The maximum Gasteiger partial charge on any atom is 0.0620 e. The minimum absolute atomic E-state index is 0.613. The summed E-state index contributed by atoms with van der Waals surface area (Å²) in [6.07, 6.45) is 3.79. The summed E-state index contributed by atoms with van der Waals surface area (Å²) in [6.45, 7) is 8.69. The van der Waals surface area contributed by atoms with Crippen LogP contribution < -0.4 is 5.32 Å². The van der Waals surface area contributed by atoms with E-state index in [1.807, 2.05) is 0 Å². The summed E-state index contributed by atoms with van der Waals surface area (Å²) in [4.78, 5) is 0. The van der Waals surface area contributed by atoms with E-state index in [2.05, 4.69) is 26.1 Å². The molecule has 0 spiro atoms. The van der Waals surface area contributed by atoms with E-state index in [0.717, 1.165) is 19.1 Å². The van der Waals surface area contributed by atoms with Gasteiger partial charge in [0.05, 0.1) is 6.61 Å². The highest BCUT2D eigenvalue weighted by Crippen LogP contribution is 2.09. The van der Waals surface area contributed by atoms with Crippen LogP contribution in [0.2, 0.25) is 0 Å². The molecule has 1 N–H and O–H groups in total. The van der Waals surface area contributed by atoms with Crippen molar-refractivity contribution in [2.24, 2.45) is 5.92 Å². The minimum Gasteiger partial charge on any atom is -0.380 e. The topological polar surface area (TPSA) is 21.3 Å². The molecule has 0 bridgehead atoms. The predicted octanol–water partition coefficient (Wildman–Crippen LogP) is 2.19. The van der Waals surface area contributed by atoms with Crippen molar-refractivity contribution in [3.63, 3.8) is 0 Å². The van der Waals surface area contributed by atoms with Crippen LogP contribution in [0.15, 0.2) is 0 Å². The molecular formula is C11H23NO. The Kier molecular flexibility index (Phi) is 4.74. The second-order valence-electron chi connectivity index (χ2n) is 4.60. The van der Waals surface area contributed by atoms with Crippen molar-refractivity contribution >= 4 is 0 Å². The molecule has 1 rings (SSSR count). The molecule has 1 aliphatic rings. The molecule has 2 unspecified atom stereocenters. The highest BCUT2D eigenvalue weighted by atomic mass is 16.5. The average Bonchev–Trinajstić information content (AvgIpc) is 2.53. The molecule has 78 valence electrons. The van der Waals surface area contributed by atoms with Crippen LogP contribution in [0, 0.1) is 5.92 Å². The van der Waals surface area contributed by atoms with E-state index < -0.39 is 0 Å². The average molecular weight is 185 g/mol. The fraction of sp³-hybridized carbons (Fsp3) is 1.00. The molecule has 0 aromatic rings. The van der Waals surface area contributed by atoms with Crippen molar-refractivity contribution in [2.45, 2.75) is 52.1 Å². The van der Waals surface area contributed by atoms with Gasteiger partial charge in [0.2, 0.25) is 0 Å². The largest absolute Gasteiger partial charge is 0.380 e. The van der Waals surface area contributed by atoms with Crippen LogP contribution in [0.25, 0.3) is 0 Å². The van der Waals surface area contributed by atoms with Gasteiger partial charge in [-0.3, -0.25) is 0 Å². The lowest BCUT2D eigenvalue weighted by atomic mass is 10.0. The van der Waals surface area contributed by atoms with E-state index in [-0.39, 0.29) is 0 Å². The lowest BCUT2D eigenvalue weighted by Crippen LogP contribution is -2.36. The maximum atomic E-state index is 5.32. The van der Waals surface area contributed by atoms with E-state index in [1.54, 1.807) is 0 Å². The smallest absolute Gasteiger partial charge is 0.0620 e. The molecule has 0 aliphatic carbocycles. The summed E-state index contributed by atoms with van der Waals surface area (Å²) >= 11 is 0. The first-order chi connectivity index (χ1) is 6.18. The lowest BCUT2D eigenvalue weighted by Gasteiger charge is -2.18. The fourth-order valence-corrected chi connectivity index (χ4v) is 1.73. The summed E-state index contributed by atoms with van der Waals surface area (Å²) in [6, 6.07) is 1.26. The Morgan fingerprint density at radius 1 is 1.31 bits per heavy atom. The van der Waals surface area contributed by atoms with E-state index in [4.69, 9.17) is 4.74 Å². The summed E-state index contributed by atoms with van der Waals surface area (Å²) < 4.78 is 5.32. The molecular weight excluding hydrogens is 162 g/mol. The summed E-state index contributed by atoms with van der Waals surface area (Å²) in [7, 11) is 0. The van der Waals surface area contributed by atoms with Crippen LogP contribution in [0.4, 0.5) is 0 Å². The van der Waals surface area contributed by atoms with Crippen molar-refractivity contribution in [3.8, 4) is 0 Å². The zero-order valence-electron chi connectivity index (χ0n) is 9.18. The molecule has 0 aromatic heterocycles. The van der Waals surface area contributed by atoms with E-state index in [1.165, 1.54) is 19.3 Å². The first-order valence-corrected chi connectivity index (χ1v) is 5.52. The first-order valence-electron chi connectivity index (χ1n) is 5.52. The van der Waals surface area contributed by atoms with E-state index >= 15 is 0 Å². The lowest BCUT2D eigenvalue weighted by molar-refractivity contribution is 0.187. The molecule has 1 fully saturated rings. The van der Waals surface area contributed by atoms with E-state index in [0.29, 0.717) is 12.1 Å². The third kappa shape index (κ3) is 4.63. The zero-order valence-corrected chi connectivity index (χ0v) is 9.18. The number of hydrogen-bond acceptors (Lipinski definition) is 2. The second kappa shape index (κ2) is 5.61. The Hall–Kier alpha value is -0.0800. The summed E-state index contributed by atoms with van der Waals surface area (Å²) in [5, 5.41) is 3.61. The molecule has 2 nitrogen and oxygen atoms in total. The Balaban J connectivity index is 2.05. The molecule has 0 radical (unpaired) electrons. The van der Waals surface area contributed by atoms with E-state index in [9.17, 15) is 0 Å². The molecule has 1 heterocycles. The Morgan fingerprint density at radius 2 is 2.08 bits per heavy atom. The predicted molar refractivity (Wildman–Crippen MR) is 55.9 cm³/mol. The van der Waals surface area contributed by atoms with Gasteiger partial charge in [0, 0.05) is 18.7 Å². The van der Waals surface area contributed by atoms with Gasteiger partial charge in [-0.2, -0.15) is 0 Å². The van der Waals surface area contributed by atoms with Crippen LogP contribution in [-0.2, 0) is 4.74 Å². The third-order valence-corrected chi connectivity index (χ3v) is 2.63. The molecule has 0 saturated carbocycles. The minimum atomic E-state index is 0.613. The Bertz CT molecular complexity index is 130. The molecule has 13 heavy (non-hydrogen) atoms. The van der Waals surface area contributed by atoms with Crippen LogP contribution >= 0.6 is 0 Å². The van der Waals surface area contributed by atoms with Crippen molar-refractivity contribution in [2.75, 3.05) is 13.2 Å². The molecule has 1 aliphatic heterocycles. The van der Waals surface area contributed by atoms with Gasteiger partial charge in [-0.05, 0) is 32.1 Å². The third-order valence-electron chi connectivity index (χ3n) is 2.63. The number of ether oxygens (including phenoxy) is 1. The molecule has 0 aromatic carbocycles. The van der Waals surface area contributed by atoms with Crippen LogP contribution in [0.3, 0.4) is 0 Å². The maximum absolute atomic E-state index is 5.32. The van der Waals surface area contributed by atoms with Crippen molar-refractivity contribution in [1.82, 2.24) is 5.32 Å². The summed E-state index contributed by atoms with van der Waals surface area (Å²) in [5.41, 5.74) is 0.